The molecule has 0 aromatic carbocycles. The molecule has 0 rings (SSSR count). The molecule has 0 bridgehead atoms. The lowest BCUT2D eigenvalue weighted by atomic mass is 10.1. The van der Waals surface area contributed by atoms with Crippen LogP contribution in [0.2, 0.25) is 0 Å². The number of amides is 1. The largest absolute Gasteiger partial charge is 0.378 e. The molecule has 25 heavy (non-hydrogen) atoms. The van der Waals surface area contributed by atoms with E-state index in [1.807, 2.05) is 20.9 Å². The van der Waals surface area contributed by atoms with Crippen molar-refractivity contribution >= 4 is 5.91 Å². The van der Waals surface area contributed by atoms with Crippen LogP contribution in [0, 0.1) is 5.92 Å². The van der Waals surface area contributed by atoms with E-state index < -0.39 is 6.17 Å². The lowest BCUT2D eigenvalue weighted by Gasteiger charge is -2.13. The van der Waals surface area contributed by atoms with E-state index in [2.05, 4.69) is 10.6 Å². The Morgan fingerprint density at radius 3 is 2.00 bits per heavy atom. The average molecular weight is 366 g/mol. The summed E-state index contributed by atoms with van der Waals surface area (Å²) in [4.78, 5) is 11.5. The third-order valence-electron chi connectivity index (χ3n) is 3.47. The Labute approximate surface area is 150 Å². The maximum absolute atomic E-state index is 13.5. The van der Waals surface area contributed by atoms with Gasteiger partial charge in [0.1, 0.15) is 6.17 Å². The molecule has 0 saturated carbocycles. The Morgan fingerprint density at radius 2 is 1.48 bits per heavy atom. The summed E-state index contributed by atoms with van der Waals surface area (Å²) in [7, 11) is 1.88. The zero-order valence-electron chi connectivity index (χ0n) is 15.9. The maximum atomic E-state index is 13.5. The zero-order valence-corrected chi connectivity index (χ0v) is 15.9. The van der Waals surface area contributed by atoms with Crippen LogP contribution >= 0.6 is 0 Å². The molecule has 0 aromatic heterocycles. The lowest BCUT2D eigenvalue weighted by Crippen LogP contribution is -2.35. The van der Waals surface area contributed by atoms with Crippen molar-refractivity contribution in [2.45, 2.75) is 26.4 Å². The highest BCUT2D eigenvalue weighted by molar-refractivity contribution is 5.78. The van der Waals surface area contributed by atoms with Gasteiger partial charge in [0.05, 0.1) is 59.4 Å². The first-order valence-corrected chi connectivity index (χ1v) is 8.99. The first kappa shape index (κ1) is 24.2. The highest BCUT2D eigenvalue weighted by Crippen LogP contribution is 2.00. The molecular formula is C17H35FN2O5. The summed E-state index contributed by atoms with van der Waals surface area (Å²) in [5.74, 6) is -0.218. The Bertz CT molecular complexity index is 311. The van der Waals surface area contributed by atoms with Gasteiger partial charge in [0.2, 0.25) is 5.91 Å². The van der Waals surface area contributed by atoms with Gasteiger partial charge in [0, 0.05) is 12.5 Å². The van der Waals surface area contributed by atoms with Crippen molar-refractivity contribution in [3.63, 3.8) is 0 Å². The molecule has 0 radical (unpaired) electrons. The standard InChI is InChI=1S/C17H35FN2O5/c1-4-15(2)17(21)20-13-16(18)14-25-12-11-24-10-9-23-8-7-22-6-5-19-3/h15-16,19H,4-14H2,1-3H3,(H,20,21). The minimum absolute atomic E-state index is 0.0196. The smallest absolute Gasteiger partial charge is 0.222 e. The van der Waals surface area contributed by atoms with Crippen LogP contribution in [0.5, 0.6) is 0 Å². The third-order valence-corrected chi connectivity index (χ3v) is 3.47. The van der Waals surface area contributed by atoms with Gasteiger partial charge in [0.25, 0.3) is 0 Å². The molecule has 0 aromatic rings. The van der Waals surface area contributed by atoms with Crippen LogP contribution in [0.4, 0.5) is 4.39 Å². The van der Waals surface area contributed by atoms with Crippen LogP contribution in [0.1, 0.15) is 20.3 Å². The summed E-state index contributed by atoms with van der Waals surface area (Å²) in [5, 5.41) is 5.56. The predicted molar refractivity (Wildman–Crippen MR) is 94.6 cm³/mol. The van der Waals surface area contributed by atoms with Gasteiger partial charge in [-0.3, -0.25) is 4.79 Å². The number of rotatable bonds is 18. The van der Waals surface area contributed by atoms with Crippen molar-refractivity contribution in [3.05, 3.63) is 0 Å². The quantitative estimate of drug-likeness (QED) is 0.349. The van der Waals surface area contributed by atoms with Gasteiger partial charge < -0.3 is 29.6 Å². The van der Waals surface area contributed by atoms with E-state index in [0.717, 1.165) is 13.0 Å². The Kier molecular flexibility index (Phi) is 17.4. The fourth-order valence-electron chi connectivity index (χ4n) is 1.68. The van der Waals surface area contributed by atoms with Gasteiger partial charge in [-0.25, -0.2) is 4.39 Å². The van der Waals surface area contributed by atoms with E-state index in [1.165, 1.54) is 0 Å². The number of hydrogen-bond donors (Lipinski definition) is 2. The van der Waals surface area contributed by atoms with Crippen molar-refractivity contribution in [2.75, 3.05) is 73.0 Å². The minimum Gasteiger partial charge on any atom is -0.378 e. The third kappa shape index (κ3) is 16.4. The Hall–Kier alpha value is -0.800. The molecule has 2 atom stereocenters. The molecule has 0 aliphatic carbocycles. The van der Waals surface area contributed by atoms with Crippen LogP contribution in [-0.2, 0) is 23.7 Å². The normalized spacial score (nSPS) is 13.6. The topological polar surface area (TPSA) is 78.1 Å². The highest BCUT2D eigenvalue weighted by Gasteiger charge is 2.13. The number of alkyl halides is 1. The summed E-state index contributed by atoms with van der Waals surface area (Å²) in [5.41, 5.74) is 0. The molecule has 2 unspecified atom stereocenters. The molecule has 1 amide bonds. The second-order valence-corrected chi connectivity index (χ2v) is 5.67. The SMILES string of the molecule is CCC(C)C(=O)NCC(F)COCCOCCOCCOCCNC. The van der Waals surface area contributed by atoms with Gasteiger partial charge in [-0.15, -0.1) is 0 Å². The van der Waals surface area contributed by atoms with Crippen molar-refractivity contribution in [3.8, 4) is 0 Å². The number of likely N-dealkylation sites (N-methyl/N-ethyl adjacent to an activating group) is 1. The van der Waals surface area contributed by atoms with E-state index in [0.29, 0.717) is 46.2 Å². The number of halogens is 1. The van der Waals surface area contributed by atoms with Crippen LogP contribution in [0.15, 0.2) is 0 Å². The zero-order chi connectivity index (χ0) is 18.8. The van der Waals surface area contributed by atoms with Crippen LogP contribution in [0.3, 0.4) is 0 Å². The number of ether oxygens (including phenoxy) is 4. The molecule has 7 nitrogen and oxygen atoms in total. The summed E-state index contributed by atoms with van der Waals surface area (Å²) >= 11 is 0. The van der Waals surface area contributed by atoms with Gasteiger partial charge >= 0.3 is 0 Å². The fourth-order valence-corrected chi connectivity index (χ4v) is 1.68. The number of carbonyl (C=O) groups is 1. The number of hydrogen-bond acceptors (Lipinski definition) is 6. The number of carbonyl (C=O) groups excluding carboxylic acids is 1. The molecule has 8 heteroatoms. The van der Waals surface area contributed by atoms with Crippen molar-refractivity contribution in [1.82, 2.24) is 10.6 Å². The molecule has 0 heterocycles. The first-order chi connectivity index (χ1) is 12.1. The first-order valence-electron chi connectivity index (χ1n) is 8.99. The molecule has 2 N–H and O–H groups in total. The second kappa shape index (κ2) is 18.0. The predicted octanol–water partition coefficient (Wildman–Crippen LogP) is 0.773. The minimum atomic E-state index is -1.21. The summed E-state index contributed by atoms with van der Waals surface area (Å²) < 4.78 is 34.7. The monoisotopic (exact) mass is 366 g/mol. The van der Waals surface area contributed by atoms with E-state index in [-0.39, 0.29) is 25.0 Å². The molecule has 0 fully saturated rings. The molecule has 0 spiro atoms. The van der Waals surface area contributed by atoms with Gasteiger partial charge in [0.15, 0.2) is 0 Å². The van der Waals surface area contributed by atoms with Gasteiger partial charge in [-0.1, -0.05) is 13.8 Å². The van der Waals surface area contributed by atoms with Crippen LogP contribution in [-0.4, -0.2) is 85.1 Å². The lowest BCUT2D eigenvalue weighted by molar-refractivity contribution is -0.124. The van der Waals surface area contributed by atoms with Crippen LogP contribution < -0.4 is 10.6 Å². The summed E-state index contributed by atoms with van der Waals surface area (Å²) in [6.07, 6.45) is -0.469. The van der Waals surface area contributed by atoms with Gasteiger partial charge in [-0.2, -0.15) is 0 Å². The molecule has 0 aliphatic heterocycles. The fraction of sp³-hybridized carbons (Fsp3) is 0.941. The van der Waals surface area contributed by atoms with Crippen molar-refractivity contribution in [2.24, 2.45) is 5.92 Å². The van der Waals surface area contributed by atoms with Gasteiger partial charge in [-0.05, 0) is 13.5 Å². The van der Waals surface area contributed by atoms with E-state index >= 15 is 0 Å². The van der Waals surface area contributed by atoms with E-state index in [9.17, 15) is 9.18 Å². The summed E-state index contributed by atoms with van der Waals surface area (Å²) in [6.45, 7) is 7.91. The highest BCUT2D eigenvalue weighted by atomic mass is 19.1. The molecule has 0 aliphatic rings. The van der Waals surface area contributed by atoms with E-state index in [1.54, 1.807) is 0 Å². The second-order valence-electron chi connectivity index (χ2n) is 5.67. The van der Waals surface area contributed by atoms with Crippen molar-refractivity contribution in [1.29, 1.82) is 0 Å². The number of nitrogens with one attached hydrogen (secondary N) is 2. The molecule has 150 valence electrons. The molecular weight excluding hydrogens is 331 g/mol. The average Bonchev–Trinajstić information content (AvgIpc) is 2.62. The Balaban J connectivity index is 3.26. The van der Waals surface area contributed by atoms with Crippen LogP contribution in [0.25, 0.3) is 0 Å². The maximum Gasteiger partial charge on any atom is 0.222 e. The Morgan fingerprint density at radius 1 is 0.960 bits per heavy atom. The van der Waals surface area contributed by atoms with Crippen molar-refractivity contribution < 1.29 is 28.1 Å². The molecule has 0 saturated heterocycles. The summed E-state index contributed by atoms with van der Waals surface area (Å²) in [6, 6.07) is 0. The van der Waals surface area contributed by atoms with E-state index in [4.69, 9.17) is 18.9 Å².